The zero-order chi connectivity index (χ0) is 11.5. The van der Waals surface area contributed by atoms with Crippen LogP contribution in [0.5, 0.6) is 0 Å². The average Bonchev–Trinajstić information content (AvgIpc) is 2.18. The van der Waals surface area contributed by atoms with Gasteiger partial charge in [-0.2, -0.15) is 0 Å². The van der Waals surface area contributed by atoms with Gasteiger partial charge in [-0.1, -0.05) is 0 Å². The van der Waals surface area contributed by atoms with Crippen LogP contribution in [-0.2, 0) is 4.74 Å². The second-order valence-corrected chi connectivity index (χ2v) is 4.73. The van der Waals surface area contributed by atoms with Gasteiger partial charge >= 0.3 is 6.09 Å². The Morgan fingerprint density at radius 3 is 2.33 bits per heavy atom. The number of nitrogens with one attached hydrogen (secondary N) is 1. The summed E-state index contributed by atoms with van der Waals surface area (Å²) in [5.74, 6) is 0. The van der Waals surface area contributed by atoms with Crippen molar-refractivity contribution >= 4 is 6.09 Å². The standard InChI is InChI=1S/C11H22N2O2/c1-9(2)15-10(14)13-7-5-11(3,12-4)6-8-13/h9,12H,5-8H2,1-4H3. The van der Waals surface area contributed by atoms with E-state index in [0.717, 1.165) is 25.9 Å². The molecule has 0 unspecified atom stereocenters. The number of amides is 1. The largest absolute Gasteiger partial charge is 0.447 e. The Bertz CT molecular complexity index is 221. The third-order valence-electron chi connectivity index (χ3n) is 3.07. The van der Waals surface area contributed by atoms with Crippen molar-refractivity contribution in [2.45, 2.75) is 45.3 Å². The van der Waals surface area contributed by atoms with E-state index in [9.17, 15) is 4.79 Å². The van der Waals surface area contributed by atoms with Crippen LogP contribution < -0.4 is 5.32 Å². The number of carbonyl (C=O) groups excluding carboxylic acids is 1. The molecule has 0 aromatic rings. The van der Waals surface area contributed by atoms with Gasteiger partial charge in [0.1, 0.15) is 0 Å². The number of piperidine rings is 1. The minimum atomic E-state index is -0.178. The first-order valence-corrected chi connectivity index (χ1v) is 5.61. The fourth-order valence-electron chi connectivity index (χ4n) is 1.71. The Labute approximate surface area is 92.0 Å². The Balaban J connectivity index is 2.40. The number of likely N-dealkylation sites (tertiary alicyclic amines) is 1. The number of hydrogen-bond donors (Lipinski definition) is 1. The lowest BCUT2D eigenvalue weighted by Crippen LogP contribution is -2.51. The second-order valence-electron chi connectivity index (χ2n) is 4.73. The Hall–Kier alpha value is -0.770. The minimum Gasteiger partial charge on any atom is -0.447 e. The first kappa shape index (κ1) is 12.3. The van der Waals surface area contributed by atoms with Gasteiger partial charge in [0.2, 0.25) is 0 Å². The summed E-state index contributed by atoms with van der Waals surface area (Å²) in [4.78, 5) is 13.4. The molecule has 1 saturated heterocycles. The highest BCUT2D eigenvalue weighted by molar-refractivity contribution is 5.67. The van der Waals surface area contributed by atoms with Crippen LogP contribution in [0.3, 0.4) is 0 Å². The fraction of sp³-hybridized carbons (Fsp3) is 0.909. The van der Waals surface area contributed by atoms with Crippen molar-refractivity contribution in [1.29, 1.82) is 0 Å². The summed E-state index contributed by atoms with van der Waals surface area (Å²) in [5.41, 5.74) is 0.175. The fourth-order valence-corrected chi connectivity index (χ4v) is 1.71. The van der Waals surface area contributed by atoms with Crippen molar-refractivity contribution in [2.24, 2.45) is 0 Å². The predicted octanol–water partition coefficient (Wildman–Crippen LogP) is 1.61. The lowest BCUT2D eigenvalue weighted by Gasteiger charge is -2.38. The van der Waals surface area contributed by atoms with Crippen LogP contribution in [-0.4, -0.2) is 42.8 Å². The molecule has 15 heavy (non-hydrogen) atoms. The van der Waals surface area contributed by atoms with E-state index in [-0.39, 0.29) is 17.7 Å². The molecular formula is C11H22N2O2. The van der Waals surface area contributed by atoms with Crippen molar-refractivity contribution in [2.75, 3.05) is 20.1 Å². The van der Waals surface area contributed by atoms with E-state index in [0.29, 0.717) is 0 Å². The number of hydrogen-bond acceptors (Lipinski definition) is 3. The molecule has 0 aromatic heterocycles. The molecule has 0 spiro atoms. The summed E-state index contributed by atoms with van der Waals surface area (Å²) in [6, 6.07) is 0. The van der Waals surface area contributed by atoms with Gasteiger partial charge in [-0.3, -0.25) is 0 Å². The summed E-state index contributed by atoms with van der Waals surface area (Å²) in [5, 5.41) is 3.30. The maximum Gasteiger partial charge on any atom is 0.410 e. The van der Waals surface area contributed by atoms with Crippen LogP contribution in [0.25, 0.3) is 0 Å². The molecule has 0 aliphatic carbocycles. The number of ether oxygens (including phenoxy) is 1. The maximum absolute atomic E-state index is 11.6. The molecule has 0 radical (unpaired) electrons. The molecule has 1 N–H and O–H groups in total. The van der Waals surface area contributed by atoms with Crippen molar-refractivity contribution in [3.8, 4) is 0 Å². The molecule has 0 atom stereocenters. The van der Waals surface area contributed by atoms with Gasteiger partial charge in [-0.05, 0) is 40.7 Å². The van der Waals surface area contributed by atoms with E-state index in [4.69, 9.17) is 4.74 Å². The molecule has 1 heterocycles. The van der Waals surface area contributed by atoms with Gasteiger partial charge in [0, 0.05) is 18.6 Å². The van der Waals surface area contributed by atoms with Crippen LogP contribution in [0.2, 0.25) is 0 Å². The Kier molecular flexibility index (Phi) is 3.97. The van der Waals surface area contributed by atoms with Gasteiger partial charge in [0.15, 0.2) is 0 Å². The SMILES string of the molecule is CNC1(C)CCN(C(=O)OC(C)C)CC1. The van der Waals surface area contributed by atoms with Crippen molar-refractivity contribution in [1.82, 2.24) is 10.2 Å². The highest BCUT2D eigenvalue weighted by atomic mass is 16.6. The molecule has 88 valence electrons. The highest BCUT2D eigenvalue weighted by Crippen LogP contribution is 2.21. The Morgan fingerprint density at radius 2 is 1.93 bits per heavy atom. The van der Waals surface area contributed by atoms with E-state index in [1.165, 1.54) is 0 Å². The van der Waals surface area contributed by atoms with Gasteiger partial charge < -0.3 is 15.0 Å². The third kappa shape index (κ3) is 3.38. The number of rotatable bonds is 2. The van der Waals surface area contributed by atoms with Crippen LogP contribution in [0.1, 0.15) is 33.6 Å². The summed E-state index contributed by atoms with van der Waals surface area (Å²) >= 11 is 0. The molecule has 1 amide bonds. The lowest BCUT2D eigenvalue weighted by molar-refractivity contribution is 0.0608. The monoisotopic (exact) mass is 214 g/mol. The normalized spacial score (nSPS) is 20.5. The molecule has 0 bridgehead atoms. The molecule has 1 rings (SSSR count). The quantitative estimate of drug-likeness (QED) is 0.759. The van der Waals surface area contributed by atoms with Gasteiger partial charge in [0.25, 0.3) is 0 Å². The lowest BCUT2D eigenvalue weighted by atomic mass is 9.90. The van der Waals surface area contributed by atoms with Crippen molar-refractivity contribution in [3.63, 3.8) is 0 Å². The zero-order valence-corrected chi connectivity index (χ0v) is 10.2. The summed E-state index contributed by atoms with van der Waals surface area (Å²) in [7, 11) is 1.97. The third-order valence-corrected chi connectivity index (χ3v) is 3.07. The zero-order valence-electron chi connectivity index (χ0n) is 10.2. The summed E-state index contributed by atoms with van der Waals surface area (Å²) < 4.78 is 5.16. The van der Waals surface area contributed by atoms with Gasteiger partial charge in [0.05, 0.1) is 6.10 Å². The van der Waals surface area contributed by atoms with E-state index in [1.807, 2.05) is 20.9 Å². The number of nitrogens with zero attached hydrogens (tertiary/aromatic N) is 1. The first-order chi connectivity index (χ1) is 6.97. The Morgan fingerprint density at radius 1 is 1.40 bits per heavy atom. The van der Waals surface area contributed by atoms with Gasteiger partial charge in [-0.15, -0.1) is 0 Å². The van der Waals surface area contributed by atoms with Crippen molar-refractivity contribution < 1.29 is 9.53 Å². The average molecular weight is 214 g/mol. The van der Waals surface area contributed by atoms with E-state index >= 15 is 0 Å². The molecule has 1 aliphatic heterocycles. The first-order valence-electron chi connectivity index (χ1n) is 5.61. The molecule has 1 aliphatic rings. The smallest absolute Gasteiger partial charge is 0.410 e. The van der Waals surface area contributed by atoms with E-state index in [1.54, 1.807) is 4.90 Å². The molecule has 0 saturated carbocycles. The molecule has 4 nitrogen and oxygen atoms in total. The topological polar surface area (TPSA) is 41.6 Å². The molecule has 0 aromatic carbocycles. The number of carbonyl (C=O) groups is 1. The van der Waals surface area contributed by atoms with Crippen LogP contribution in [0, 0.1) is 0 Å². The predicted molar refractivity (Wildman–Crippen MR) is 59.9 cm³/mol. The van der Waals surface area contributed by atoms with Crippen LogP contribution in [0.4, 0.5) is 4.79 Å². The van der Waals surface area contributed by atoms with E-state index in [2.05, 4.69) is 12.2 Å². The van der Waals surface area contributed by atoms with Crippen LogP contribution in [0.15, 0.2) is 0 Å². The minimum absolute atomic E-state index is 0.0323. The molecule has 1 fully saturated rings. The molecular weight excluding hydrogens is 192 g/mol. The van der Waals surface area contributed by atoms with Crippen LogP contribution >= 0.6 is 0 Å². The molecule has 4 heteroatoms. The van der Waals surface area contributed by atoms with Gasteiger partial charge in [-0.25, -0.2) is 4.79 Å². The summed E-state index contributed by atoms with van der Waals surface area (Å²) in [6.07, 6.45) is 1.76. The summed E-state index contributed by atoms with van der Waals surface area (Å²) in [6.45, 7) is 7.50. The maximum atomic E-state index is 11.6. The van der Waals surface area contributed by atoms with Crippen molar-refractivity contribution in [3.05, 3.63) is 0 Å². The second kappa shape index (κ2) is 4.84. The highest BCUT2D eigenvalue weighted by Gasteiger charge is 2.31. The van der Waals surface area contributed by atoms with E-state index < -0.39 is 0 Å².